The van der Waals surface area contributed by atoms with Crippen LogP contribution in [0.5, 0.6) is 0 Å². The molecule has 0 radical (unpaired) electrons. The van der Waals surface area contributed by atoms with E-state index in [0.29, 0.717) is 0 Å². The van der Waals surface area contributed by atoms with Crippen molar-refractivity contribution in [3.63, 3.8) is 0 Å². The zero-order valence-corrected chi connectivity index (χ0v) is 7.61. The number of carboxylic acids is 1. The first-order valence-electron chi connectivity index (χ1n) is 3.76. The van der Waals surface area contributed by atoms with E-state index in [4.69, 9.17) is 10.8 Å². The second-order valence-corrected chi connectivity index (χ2v) is 2.63. The molecule has 0 fully saturated rings. The largest absolute Gasteiger partial charge is 0.480 e. The minimum Gasteiger partial charge on any atom is -0.480 e. The lowest BCUT2D eigenvalue weighted by molar-refractivity contribution is -0.141. The number of hydrogen-bond donors (Lipinski definition) is 3. The van der Waals surface area contributed by atoms with Gasteiger partial charge in [0.05, 0.1) is 6.61 Å². The molecule has 0 heterocycles. The molecule has 6 heteroatoms. The molecule has 1 amide bonds. The van der Waals surface area contributed by atoms with Crippen molar-refractivity contribution in [3.8, 4) is 0 Å². The van der Waals surface area contributed by atoms with E-state index in [9.17, 15) is 9.59 Å². The first-order valence-corrected chi connectivity index (χ1v) is 3.76. The monoisotopic (exact) mass is 190 g/mol. The highest BCUT2D eigenvalue weighted by Gasteiger charge is 2.18. The van der Waals surface area contributed by atoms with Crippen LogP contribution in [0.1, 0.15) is 6.92 Å². The summed E-state index contributed by atoms with van der Waals surface area (Å²) < 4.78 is 4.63. The van der Waals surface area contributed by atoms with Crippen LogP contribution < -0.4 is 11.1 Å². The number of aliphatic carboxylic acids is 1. The van der Waals surface area contributed by atoms with E-state index in [2.05, 4.69) is 10.1 Å². The normalized spacial score (nSPS) is 14.7. The number of ether oxygens (including phenoxy) is 1. The number of carbonyl (C=O) groups is 2. The number of carboxylic acid groups (broad SMARTS) is 1. The minimum absolute atomic E-state index is 0.0676. The molecule has 0 aliphatic rings. The molecular weight excluding hydrogens is 176 g/mol. The number of nitrogens with two attached hydrogens (primary N) is 1. The predicted molar refractivity (Wildman–Crippen MR) is 45.1 cm³/mol. The highest BCUT2D eigenvalue weighted by atomic mass is 16.5. The summed E-state index contributed by atoms with van der Waals surface area (Å²) in [5, 5.41) is 10.7. The molecule has 0 spiro atoms. The van der Waals surface area contributed by atoms with Crippen LogP contribution in [0.2, 0.25) is 0 Å². The van der Waals surface area contributed by atoms with E-state index in [1.165, 1.54) is 14.0 Å². The maximum absolute atomic E-state index is 11.1. The van der Waals surface area contributed by atoms with Gasteiger partial charge in [0, 0.05) is 7.11 Å². The van der Waals surface area contributed by atoms with Crippen molar-refractivity contribution in [2.75, 3.05) is 13.7 Å². The van der Waals surface area contributed by atoms with E-state index in [1.807, 2.05) is 0 Å². The van der Waals surface area contributed by atoms with Gasteiger partial charge in [-0.05, 0) is 6.92 Å². The lowest BCUT2D eigenvalue weighted by Gasteiger charge is -2.13. The molecule has 6 nitrogen and oxygen atoms in total. The summed E-state index contributed by atoms with van der Waals surface area (Å²) in [4.78, 5) is 21.4. The van der Waals surface area contributed by atoms with Gasteiger partial charge in [0.15, 0.2) is 0 Å². The molecule has 0 aromatic carbocycles. The van der Waals surface area contributed by atoms with Gasteiger partial charge < -0.3 is 20.9 Å². The highest BCUT2D eigenvalue weighted by Crippen LogP contribution is 1.85. The second kappa shape index (κ2) is 5.50. The molecule has 76 valence electrons. The van der Waals surface area contributed by atoms with Gasteiger partial charge in [0.2, 0.25) is 5.91 Å². The Kier molecular flexibility index (Phi) is 5.01. The Morgan fingerprint density at radius 3 is 2.54 bits per heavy atom. The Morgan fingerprint density at radius 2 is 2.15 bits per heavy atom. The third-order valence-electron chi connectivity index (χ3n) is 1.41. The van der Waals surface area contributed by atoms with Crippen LogP contribution in [0.15, 0.2) is 0 Å². The second-order valence-electron chi connectivity index (χ2n) is 2.63. The summed E-state index contributed by atoms with van der Waals surface area (Å²) in [7, 11) is 1.41. The number of amides is 1. The molecular formula is C7H14N2O4. The maximum atomic E-state index is 11.1. The number of nitrogens with one attached hydrogen (secondary N) is 1. The first kappa shape index (κ1) is 11.9. The standard InChI is InChI=1S/C7H14N2O4/c1-4(7(11)12)9-6(10)5(8)3-13-2/h4-5H,3,8H2,1-2H3,(H,9,10)(H,11,12)/t4-,5?/m1/s1. The van der Waals surface area contributed by atoms with E-state index in [1.54, 1.807) is 0 Å². The lowest BCUT2D eigenvalue weighted by Crippen LogP contribution is -2.48. The topological polar surface area (TPSA) is 102 Å². The maximum Gasteiger partial charge on any atom is 0.325 e. The van der Waals surface area contributed by atoms with Gasteiger partial charge in [-0.2, -0.15) is 0 Å². The molecule has 2 atom stereocenters. The van der Waals surface area contributed by atoms with Crippen LogP contribution >= 0.6 is 0 Å². The molecule has 4 N–H and O–H groups in total. The van der Waals surface area contributed by atoms with E-state index in [-0.39, 0.29) is 6.61 Å². The van der Waals surface area contributed by atoms with Gasteiger partial charge in [-0.3, -0.25) is 9.59 Å². The summed E-state index contributed by atoms with van der Waals surface area (Å²) in [5.74, 6) is -1.63. The summed E-state index contributed by atoms with van der Waals surface area (Å²) in [5.41, 5.74) is 5.35. The van der Waals surface area contributed by atoms with Crippen LogP contribution in [0.4, 0.5) is 0 Å². The zero-order chi connectivity index (χ0) is 10.4. The van der Waals surface area contributed by atoms with Gasteiger partial charge in [-0.1, -0.05) is 0 Å². The fourth-order valence-electron chi connectivity index (χ4n) is 0.637. The summed E-state index contributed by atoms with van der Waals surface area (Å²) in [6.45, 7) is 1.43. The van der Waals surface area contributed by atoms with Crippen LogP contribution in [-0.4, -0.2) is 42.8 Å². The van der Waals surface area contributed by atoms with Crippen molar-refractivity contribution in [2.24, 2.45) is 5.73 Å². The van der Waals surface area contributed by atoms with Crippen LogP contribution in [0.3, 0.4) is 0 Å². The molecule has 0 rings (SSSR count). The van der Waals surface area contributed by atoms with Gasteiger partial charge in [0.25, 0.3) is 0 Å². The molecule has 0 aliphatic heterocycles. The Balaban J connectivity index is 3.92. The highest BCUT2D eigenvalue weighted by molar-refractivity contribution is 5.86. The summed E-state index contributed by atoms with van der Waals surface area (Å²) >= 11 is 0. The number of hydrogen-bond acceptors (Lipinski definition) is 4. The average Bonchev–Trinajstić information content (AvgIpc) is 2.04. The van der Waals surface area contributed by atoms with Crippen LogP contribution in [0, 0.1) is 0 Å². The van der Waals surface area contributed by atoms with Crippen molar-refractivity contribution in [2.45, 2.75) is 19.0 Å². The molecule has 1 unspecified atom stereocenters. The lowest BCUT2D eigenvalue weighted by atomic mass is 10.2. The SMILES string of the molecule is COCC(N)C(=O)N[C@H](C)C(=O)O. The molecule has 0 saturated heterocycles. The summed E-state index contributed by atoms with van der Waals surface area (Å²) in [6.07, 6.45) is 0. The fraction of sp³-hybridized carbons (Fsp3) is 0.714. The van der Waals surface area contributed by atoms with Gasteiger partial charge in [0.1, 0.15) is 12.1 Å². The van der Waals surface area contributed by atoms with E-state index in [0.717, 1.165) is 0 Å². The van der Waals surface area contributed by atoms with Gasteiger partial charge >= 0.3 is 5.97 Å². The van der Waals surface area contributed by atoms with E-state index < -0.39 is 24.0 Å². The van der Waals surface area contributed by atoms with Crippen LogP contribution in [0.25, 0.3) is 0 Å². The molecule has 0 aromatic rings. The number of methoxy groups -OCH3 is 1. The first-order chi connectivity index (χ1) is 5.99. The van der Waals surface area contributed by atoms with Crippen molar-refractivity contribution >= 4 is 11.9 Å². The minimum atomic E-state index is -1.10. The van der Waals surface area contributed by atoms with E-state index >= 15 is 0 Å². The third kappa shape index (κ3) is 4.44. The third-order valence-corrected chi connectivity index (χ3v) is 1.41. The zero-order valence-electron chi connectivity index (χ0n) is 7.61. The summed E-state index contributed by atoms with van der Waals surface area (Å²) in [6, 6.07) is -1.76. The fourth-order valence-corrected chi connectivity index (χ4v) is 0.637. The molecule has 0 aliphatic carbocycles. The molecule has 0 aromatic heterocycles. The molecule has 0 saturated carbocycles. The number of carbonyl (C=O) groups excluding carboxylic acids is 1. The Bertz CT molecular complexity index is 195. The Hall–Kier alpha value is -1.14. The molecule has 0 bridgehead atoms. The number of rotatable bonds is 5. The van der Waals surface area contributed by atoms with Crippen LogP contribution in [-0.2, 0) is 14.3 Å². The van der Waals surface area contributed by atoms with Crippen molar-refractivity contribution < 1.29 is 19.4 Å². The smallest absolute Gasteiger partial charge is 0.325 e. The Labute approximate surface area is 76.0 Å². The van der Waals surface area contributed by atoms with Crippen molar-refractivity contribution in [1.29, 1.82) is 0 Å². The van der Waals surface area contributed by atoms with Crippen molar-refractivity contribution in [1.82, 2.24) is 5.32 Å². The quantitative estimate of drug-likeness (QED) is 0.492. The Morgan fingerprint density at radius 1 is 1.62 bits per heavy atom. The predicted octanol–water partition coefficient (Wildman–Crippen LogP) is -1.45. The van der Waals surface area contributed by atoms with Gasteiger partial charge in [-0.15, -0.1) is 0 Å². The van der Waals surface area contributed by atoms with Crippen molar-refractivity contribution in [3.05, 3.63) is 0 Å². The van der Waals surface area contributed by atoms with Gasteiger partial charge in [-0.25, -0.2) is 0 Å². The molecule has 13 heavy (non-hydrogen) atoms. The average molecular weight is 190 g/mol.